The van der Waals surface area contributed by atoms with Gasteiger partial charge in [0.15, 0.2) is 0 Å². The van der Waals surface area contributed by atoms with Gasteiger partial charge in [-0.25, -0.2) is 0 Å². The molecule has 0 spiro atoms. The van der Waals surface area contributed by atoms with Crippen molar-refractivity contribution in [3.63, 3.8) is 0 Å². The van der Waals surface area contributed by atoms with Gasteiger partial charge in [0.05, 0.1) is 26.6 Å². The summed E-state index contributed by atoms with van der Waals surface area (Å²) >= 11 is 5.93. The van der Waals surface area contributed by atoms with Crippen LogP contribution in [0.25, 0.3) is 11.3 Å². The van der Waals surface area contributed by atoms with Gasteiger partial charge in [0.1, 0.15) is 17.3 Å². The van der Waals surface area contributed by atoms with E-state index in [9.17, 15) is 9.59 Å². The van der Waals surface area contributed by atoms with Gasteiger partial charge in [0.2, 0.25) is 11.8 Å². The van der Waals surface area contributed by atoms with E-state index in [1.165, 1.54) is 0 Å². The van der Waals surface area contributed by atoms with Crippen molar-refractivity contribution in [2.24, 2.45) is 0 Å². The van der Waals surface area contributed by atoms with Gasteiger partial charge < -0.3 is 19.4 Å². The van der Waals surface area contributed by atoms with Crippen molar-refractivity contribution in [1.29, 1.82) is 0 Å². The van der Waals surface area contributed by atoms with Crippen LogP contribution in [0.2, 0.25) is 5.02 Å². The average molecular weight is 482 g/mol. The number of piperazine rings is 1. The molecule has 0 radical (unpaired) electrons. The molecular weight excluding hydrogens is 454 g/mol. The van der Waals surface area contributed by atoms with Gasteiger partial charge in [-0.05, 0) is 54.1 Å². The molecule has 2 aromatic carbocycles. The highest BCUT2D eigenvalue weighted by molar-refractivity contribution is 6.30. The second-order valence-electron chi connectivity index (χ2n) is 8.23. The van der Waals surface area contributed by atoms with Crippen molar-refractivity contribution in [2.75, 3.05) is 39.8 Å². The summed E-state index contributed by atoms with van der Waals surface area (Å²) in [4.78, 5) is 29.0. The smallest absolute Gasteiger partial charge is 0.234 e. The van der Waals surface area contributed by atoms with Crippen LogP contribution in [0.1, 0.15) is 11.3 Å². The van der Waals surface area contributed by atoms with Crippen LogP contribution in [0, 0.1) is 0 Å². The number of rotatable bonds is 8. The normalized spacial score (nSPS) is 14.1. The number of nitrogens with one attached hydrogen (secondary N) is 1. The molecule has 1 fully saturated rings. The number of carbonyl (C=O) groups is 2. The minimum Gasteiger partial charge on any atom is -0.497 e. The van der Waals surface area contributed by atoms with Crippen LogP contribution in [0.5, 0.6) is 5.75 Å². The Morgan fingerprint density at radius 3 is 2.53 bits per heavy atom. The van der Waals surface area contributed by atoms with Crippen LogP contribution in [0.4, 0.5) is 0 Å². The number of carbonyl (C=O) groups excluding carboxylic acids is 2. The van der Waals surface area contributed by atoms with E-state index in [1.807, 2.05) is 65.6 Å². The van der Waals surface area contributed by atoms with Crippen LogP contribution in [-0.2, 0) is 22.6 Å². The van der Waals surface area contributed by atoms with Gasteiger partial charge in [-0.3, -0.25) is 14.5 Å². The maximum absolute atomic E-state index is 12.6. The zero-order valence-electron chi connectivity index (χ0n) is 19.1. The van der Waals surface area contributed by atoms with Crippen LogP contribution in [0.3, 0.4) is 0 Å². The van der Waals surface area contributed by atoms with E-state index in [1.54, 1.807) is 7.11 Å². The van der Waals surface area contributed by atoms with E-state index in [0.717, 1.165) is 22.6 Å². The van der Waals surface area contributed by atoms with E-state index in [-0.39, 0.29) is 11.8 Å². The number of hydrogen-bond donors (Lipinski definition) is 1. The van der Waals surface area contributed by atoms with E-state index in [4.69, 9.17) is 20.8 Å². The Hall–Kier alpha value is -3.29. The Morgan fingerprint density at radius 1 is 1.03 bits per heavy atom. The number of hydrogen-bond acceptors (Lipinski definition) is 5. The number of furan rings is 1. The first-order valence-corrected chi connectivity index (χ1v) is 11.6. The number of ether oxygens (including phenoxy) is 1. The van der Waals surface area contributed by atoms with Crippen LogP contribution >= 0.6 is 11.6 Å². The summed E-state index contributed by atoms with van der Waals surface area (Å²) in [5.41, 5.74) is 1.86. The largest absolute Gasteiger partial charge is 0.497 e. The summed E-state index contributed by atoms with van der Waals surface area (Å²) in [7, 11) is 1.61. The number of amides is 2. The fourth-order valence-corrected chi connectivity index (χ4v) is 4.04. The predicted octanol–water partition coefficient (Wildman–Crippen LogP) is 3.61. The third-order valence-corrected chi connectivity index (χ3v) is 6.08. The SMILES string of the molecule is COc1cccc(CC(=O)N2CCN(CC(=O)NCc3ccc(-c4ccc(Cl)cc4)o3)CC2)c1. The van der Waals surface area contributed by atoms with Crippen molar-refractivity contribution >= 4 is 23.4 Å². The molecule has 34 heavy (non-hydrogen) atoms. The first-order chi connectivity index (χ1) is 16.5. The highest BCUT2D eigenvalue weighted by Crippen LogP contribution is 2.23. The number of methoxy groups -OCH3 is 1. The topological polar surface area (TPSA) is 75.0 Å². The number of nitrogens with zero attached hydrogens (tertiary/aromatic N) is 2. The Bertz CT molecular complexity index is 1120. The highest BCUT2D eigenvalue weighted by Gasteiger charge is 2.22. The molecule has 8 heteroatoms. The van der Waals surface area contributed by atoms with Gasteiger partial charge >= 0.3 is 0 Å². The van der Waals surface area contributed by atoms with Crippen molar-refractivity contribution in [2.45, 2.75) is 13.0 Å². The van der Waals surface area contributed by atoms with Gasteiger partial charge in [-0.1, -0.05) is 23.7 Å². The maximum Gasteiger partial charge on any atom is 0.234 e. The summed E-state index contributed by atoms with van der Waals surface area (Å²) in [5, 5.41) is 3.58. The van der Waals surface area contributed by atoms with Gasteiger partial charge in [-0.15, -0.1) is 0 Å². The quantitative estimate of drug-likeness (QED) is 0.532. The lowest BCUT2D eigenvalue weighted by molar-refractivity contribution is -0.132. The molecule has 0 unspecified atom stereocenters. The molecule has 0 saturated carbocycles. The van der Waals surface area contributed by atoms with E-state index >= 15 is 0 Å². The molecule has 178 valence electrons. The lowest BCUT2D eigenvalue weighted by Gasteiger charge is -2.34. The molecule has 1 saturated heterocycles. The molecule has 0 aliphatic carbocycles. The molecule has 4 rings (SSSR count). The molecule has 2 amide bonds. The van der Waals surface area contributed by atoms with Crippen molar-refractivity contribution in [3.05, 3.63) is 77.0 Å². The second kappa shape index (κ2) is 11.2. The molecule has 7 nitrogen and oxygen atoms in total. The van der Waals surface area contributed by atoms with Crippen molar-refractivity contribution in [3.8, 4) is 17.1 Å². The average Bonchev–Trinajstić information content (AvgIpc) is 3.33. The zero-order chi connectivity index (χ0) is 23.9. The summed E-state index contributed by atoms with van der Waals surface area (Å²) < 4.78 is 11.1. The first-order valence-electron chi connectivity index (χ1n) is 11.2. The van der Waals surface area contributed by atoms with E-state index in [0.29, 0.717) is 56.5 Å². The molecule has 1 aliphatic heterocycles. The van der Waals surface area contributed by atoms with Crippen LogP contribution < -0.4 is 10.1 Å². The molecular formula is C26H28ClN3O4. The summed E-state index contributed by atoms with van der Waals surface area (Å²) in [6, 6.07) is 18.7. The third-order valence-electron chi connectivity index (χ3n) is 5.83. The Labute approximate surface area is 204 Å². The summed E-state index contributed by atoms with van der Waals surface area (Å²) in [6.07, 6.45) is 0.346. The van der Waals surface area contributed by atoms with Crippen molar-refractivity contribution < 1.29 is 18.7 Å². The lowest BCUT2D eigenvalue weighted by Crippen LogP contribution is -2.51. The zero-order valence-corrected chi connectivity index (χ0v) is 19.9. The maximum atomic E-state index is 12.6. The monoisotopic (exact) mass is 481 g/mol. The molecule has 3 aromatic rings. The Balaban J connectivity index is 1.19. The fourth-order valence-electron chi connectivity index (χ4n) is 3.91. The standard InChI is InChI=1S/C26H28ClN3O4/c1-33-22-4-2-3-19(15-22)16-26(32)30-13-11-29(12-14-30)18-25(31)28-17-23-9-10-24(34-23)20-5-7-21(27)8-6-20/h2-10,15H,11-14,16-18H2,1H3,(H,28,31). The Kier molecular flexibility index (Phi) is 7.87. The molecule has 1 aromatic heterocycles. The van der Waals surface area contributed by atoms with Crippen LogP contribution in [-0.4, -0.2) is 61.4 Å². The Morgan fingerprint density at radius 2 is 1.79 bits per heavy atom. The fraction of sp³-hybridized carbons (Fsp3) is 0.308. The summed E-state index contributed by atoms with van der Waals surface area (Å²) in [6.45, 7) is 3.17. The third kappa shape index (κ3) is 6.40. The molecule has 2 heterocycles. The summed E-state index contributed by atoms with van der Waals surface area (Å²) in [5.74, 6) is 2.19. The molecule has 1 N–H and O–H groups in total. The highest BCUT2D eigenvalue weighted by atomic mass is 35.5. The van der Waals surface area contributed by atoms with Gasteiger partial charge in [-0.2, -0.15) is 0 Å². The minimum absolute atomic E-state index is 0.0689. The molecule has 0 bridgehead atoms. The first kappa shape index (κ1) is 23.9. The lowest BCUT2D eigenvalue weighted by atomic mass is 10.1. The van der Waals surface area contributed by atoms with Gasteiger partial charge in [0.25, 0.3) is 0 Å². The predicted molar refractivity (Wildman–Crippen MR) is 131 cm³/mol. The minimum atomic E-state index is -0.0689. The number of benzene rings is 2. The van der Waals surface area contributed by atoms with E-state index < -0.39 is 0 Å². The van der Waals surface area contributed by atoms with E-state index in [2.05, 4.69) is 10.2 Å². The number of halogens is 1. The second-order valence-corrected chi connectivity index (χ2v) is 8.67. The van der Waals surface area contributed by atoms with Gasteiger partial charge in [0, 0.05) is 36.8 Å². The molecule has 0 atom stereocenters. The van der Waals surface area contributed by atoms with Crippen molar-refractivity contribution in [1.82, 2.24) is 15.1 Å². The molecule has 1 aliphatic rings. The van der Waals surface area contributed by atoms with Crippen LogP contribution in [0.15, 0.2) is 65.1 Å².